The maximum Gasteiger partial charge on any atom is 0.410 e. The molecule has 0 spiro atoms. The van der Waals surface area contributed by atoms with Crippen molar-refractivity contribution in [2.45, 2.75) is 51.5 Å². The molecule has 7 nitrogen and oxygen atoms in total. The van der Waals surface area contributed by atoms with E-state index in [-0.39, 0.29) is 30.6 Å². The monoisotopic (exact) mass is 378 g/mol. The molecule has 0 aromatic heterocycles. The molecule has 0 bridgehead atoms. The summed E-state index contributed by atoms with van der Waals surface area (Å²) in [6.45, 7) is 7.53. The smallest absolute Gasteiger partial charge is 0.410 e. The summed E-state index contributed by atoms with van der Waals surface area (Å²) in [5, 5.41) is 3.34. The normalized spacial score (nSPS) is 15.8. The first kappa shape index (κ1) is 21.2. The second kappa shape index (κ2) is 9.71. The van der Waals surface area contributed by atoms with Gasteiger partial charge in [0.1, 0.15) is 5.60 Å². The summed E-state index contributed by atoms with van der Waals surface area (Å²) in [5.74, 6) is -0.284. The predicted molar refractivity (Wildman–Crippen MR) is 101 cm³/mol. The molecule has 0 aliphatic carbocycles. The van der Waals surface area contributed by atoms with E-state index in [2.05, 4.69) is 5.32 Å². The molecule has 27 heavy (non-hydrogen) atoms. The summed E-state index contributed by atoms with van der Waals surface area (Å²) in [7, 11) is 1.38. The van der Waals surface area contributed by atoms with E-state index in [1.165, 1.54) is 7.11 Å². The van der Waals surface area contributed by atoms with Crippen LogP contribution in [-0.2, 0) is 25.5 Å². The summed E-state index contributed by atoms with van der Waals surface area (Å²) in [5.41, 5.74) is 0.628. The third-order valence-electron chi connectivity index (χ3n) is 4.11. The predicted octanol–water partition coefficient (Wildman–Crippen LogP) is 2.34. The summed E-state index contributed by atoms with van der Waals surface area (Å²) >= 11 is 0. The van der Waals surface area contributed by atoms with Crippen molar-refractivity contribution in [1.82, 2.24) is 10.2 Å². The number of hydrogen-bond donors (Lipinski definition) is 1. The van der Waals surface area contributed by atoms with Gasteiger partial charge in [-0.15, -0.1) is 0 Å². The number of benzene rings is 1. The van der Waals surface area contributed by atoms with Gasteiger partial charge in [-0.25, -0.2) is 4.79 Å². The summed E-state index contributed by atoms with van der Waals surface area (Å²) < 4.78 is 16.0. The van der Waals surface area contributed by atoms with Crippen LogP contribution in [0.2, 0.25) is 0 Å². The molecule has 150 valence electrons. The molecule has 1 unspecified atom stereocenters. The number of carbonyl (C=O) groups excluding carboxylic acids is 2. The second-order valence-corrected chi connectivity index (χ2v) is 7.68. The Morgan fingerprint density at radius 1 is 1.22 bits per heavy atom. The van der Waals surface area contributed by atoms with Crippen LogP contribution < -0.4 is 5.32 Å². The van der Waals surface area contributed by atoms with Gasteiger partial charge in [-0.1, -0.05) is 30.3 Å². The fraction of sp³-hybridized carbons (Fsp3) is 0.600. The highest BCUT2D eigenvalue weighted by Crippen LogP contribution is 2.17. The minimum Gasteiger partial charge on any atom is -0.469 e. The Morgan fingerprint density at radius 3 is 2.48 bits per heavy atom. The Morgan fingerprint density at radius 2 is 1.89 bits per heavy atom. The number of ether oxygens (including phenoxy) is 3. The minimum atomic E-state index is -0.504. The molecule has 1 fully saturated rings. The molecule has 1 amide bonds. The molecule has 2 rings (SSSR count). The van der Waals surface area contributed by atoms with Gasteiger partial charge in [-0.05, 0) is 26.3 Å². The number of hydrogen-bond acceptors (Lipinski definition) is 6. The van der Waals surface area contributed by atoms with Crippen LogP contribution >= 0.6 is 0 Å². The maximum absolute atomic E-state index is 11.9. The second-order valence-electron chi connectivity index (χ2n) is 7.68. The average molecular weight is 378 g/mol. The van der Waals surface area contributed by atoms with E-state index in [0.717, 1.165) is 5.56 Å². The highest BCUT2D eigenvalue weighted by atomic mass is 16.6. The first-order chi connectivity index (χ1) is 12.8. The van der Waals surface area contributed by atoms with Crippen molar-refractivity contribution in [3.05, 3.63) is 35.9 Å². The zero-order valence-corrected chi connectivity index (χ0v) is 16.6. The fourth-order valence-electron chi connectivity index (χ4n) is 2.60. The molecule has 1 N–H and O–H groups in total. The van der Waals surface area contributed by atoms with Gasteiger partial charge in [0.15, 0.2) is 0 Å². The van der Waals surface area contributed by atoms with E-state index >= 15 is 0 Å². The number of nitrogens with one attached hydrogen (secondary N) is 1. The molecule has 0 saturated carbocycles. The van der Waals surface area contributed by atoms with Gasteiger partial charge < -0.3 is 24.4 Å². The van der Waals surface area contributed by atoms with Crippen molar-refractivity contribution < 1.29 is 23.8 Å². The van der Waals surface area contributed by atoms with Crippen molar-refractivity contribution in [2.75, 3.05) is 26.8 Å². The lowest BCUT2D eigenvalue weighted by Gasteiger charge is -2.39. The zero-order chi connectivity index (χ0) is 19.9. The summed E-state index contributed by atoms with van der Waals surface area (Å²) in [6.07, 6.45) is -0.141. The van der Waals surface area contributed by atoms with Crippen LogP contribution in [0.25, 0.3) is 0 Å². The van der Waals surface area contributed by atoms with E-state index < -0.39 is 5.60 Å². The molecule has 1 aliphatic heterocycles. The van der Waals surface area contributed by atoms with Gasteiger partial charge in [-0.2, -0.15) is 0 Å². The van der Waals surface area contributed by atoms with Gasteiger partial charge in [0.05, 0.1) is 39.3 Å². The molecule has 1 saturated heterocycles. The number of rotatable bonds is 8. The number of carbonyl (C=O) groups is 2. The van der Waals surface area contributed by atoms with Gasteiger partial charge in [0.25, 0.3) is 0 Å². The first-order valence-corrected chi connectivity index (χ1v) is 9.20. The lowest BCUT2D eigenvalue weighted by molar-refractivity contribution is -0.142. The number of nitrogens with zero attached hydrogens (tertiary/aromatic N) is 1. The topological polar surface area (TPSA) is 77.1 Å². The molecule has 1 heterocycles. The highest BCUT2D eigenvalue weighted by molar-refractivity contribution is 5.70. The van der Waals surface area contributed by atoms with Gasteiger partial charge in [0, 0.05) is 12.6 Å². The number of esters is 1. The molecule has 1 aromatic rings. The van der Waals surface area contributed by atoms with Crippen molar-refractivity contribution >= 4 is 12.1 Å². The van der Waals surface area contributed by atoms with Crippen LogP contribution in [0.4, 0.5) is 4.79 Å². The summed E-state index contributed by atoms with van der Waals surface area (Å²) in [4.78, 5) is 25.2. The van der Waals surface area contributed by atoms with Crippen LogP contribution in [0.5, 0.6) is 0 Å². The van der Waals surface area contributed by atoms with E-state index in [1.54, 1.807) is 4.90 Å². The standard InChI is InChI=1S/C20H30N2O5/c1-20(2,3)27-19(24)22-12-17(13-22)26-14-16(10-18(23)25-4)21-11-15-8-6-5-7-9-15/h5-9,16-17,21H,10-14H2,1-4H3. The molecule has 1 atom stereocenters. The maximum atomic E-state index is 11.9. The third kappa shape index (κ3) is 7.56. The van der Waals surface area contributed by atoms with Crippen molar-refractivity contribution in [1.29, 1.82) is 0 Å². The van der Waals surface area contributed by atoms with Gasteiger partial charge in [-0.3, -0.25) is 4.79 Å². The molecule has 7 heteroatoms. The third-order valence-corrected chi connectivity index (χ3v) is 4.11. The molecule has 1 aromatic carbocycles. The zero-order valence-electron chi connectivity index (χ0n) is 16.6. The number of likely N-dealkylation sites (tertiary alicyclic amines) is 1. The van der Waals surface area contributed by atoms with E-state index in [1.807, 2.05) is 51.1 Å². The van der Waals surface area contributed by atoms with Crippen molar-refractivity contribution in [3.63, 3.8) is 0 Å². The lowest BCUT2D eigenvalue weighted by atomic mass is 10.1. The average Bonchev–Trinajstić information content (AvgIpc) is 2.57. The van der Waals surface area contributed by atoms with Crippen LogP contribution in [-0.4, -0.2) is 61.5 Å². The quantitative estimate of drug-likeness (QED) is 0.700. The van der Waals surface area contributed by atoms with E-state index in [0.29, 0.717) is 26.2 Å². The van der Waals surface area contributed by atoms with E-state index in [4.69, 9.17) is 14.2 Å². The van der Waals surface area contributed by atoms with Gasteiger partial charge in [0.2, 0.25) is 0 Å². The van der Waals surface area contributed by atoms with Crippen molar-refractivity contribution in [2.24, 2.45) is 0 Å². The van der Waals surface area contributed by atoms with Crippen LogP contribution in [0, 0.1) is 0 Å². The molecule has 1 aliphatic rings. The van der Waals surface area contributed by atoms with Crippen LogP contribution in [0.15, 0.2) is 30.3 Å². The number of methoxy groups -OCH3 is 1. The van der Waals surface area contributed by atoms with Crippen LogP contribution in [0.3, 0.4) is 0 Å². The van der Waals surface area contributed by atoms with Crippen molar-refractivity contribution in [3.8, 4) is 0 Å². The molecule has 0 radical (unpaired) electrons. The van der Waals surface area contributed by atoms with E-state index in [9.17, 15) is 9.59 Å². The largest absolute Gasteiger partial charge is 0.469 e. The Kier molecular flexibility index (Phi) is 7.62. The van der Waals surface area contributed by atoms with Crippen LogP contribution in [0.1, 0.15) is 32.8 Å². The Hall–Kier alpha value is -2.12. The fourth-order valence-corrected chi connectivity index (χ4v) is 2.60. The molecular weight excluding hydrogens is 348 g/mol. The lowest BCUT2D eigenvalue weighted by Crippen LogP contribution is -2.56. The van der Waals surface area contributed by atoms with Gasteiger partial charge >= 0.3 is 12.1 Å². The Balaban J connectivity index is 1.75. The Bertz CT molecular complexity index is 609. The molecular formula is C20H30N2O5. The minimum absolute atomic E-state index is 0.0452. The SMILES string of the molecule is COC(=O)CC(COC1CN(C(=O)OC(C)(C)C)C1)NCc1ccccc1. The number of amides is 1. The first-order valence-electron chi connectivity index (χ1n) is 9.20. The highest BCUT2D eigenvalue weighted by Gasteiger charge is 2.34. The Labute approximate surface area is 161 Å². The summed E-state index contributed by atoms with van der Waals surface area (Å²) in [6, 6.07) is 9.80.